The summed E-state index contributed by atoms with van der Waals surface area (Å²) in [7, 11) is 0. The van der Waals surface area contributed by atoms with Crippen LogP contribution in [0.3, 0.4) is 0 Å². The van der Waals surface area contributed by atoms with Gasteiger partial charge in [0.05, 0.1) is 18.1 Å². The van der Waals surface area contributed by atoms with Crippen LogP contribution in [0.25, 0.3) is 0 Å². The molecule has 1 amide bonds. The van der Waals surface area contributed by atoms with Crippen LogP contribution in [0.15, 0.2) is 24.3 Å². The van der Waals surface area contributed by atoms with Gasteiger partial charge in [-0.05, 0) is 37.5 Å². The number of amides is 1. The lowest BCUT2D eigenvalue weighted by Crippen LogP contribution is -2.51. The number of ether oxygens (including phenoxy) is 1. The average Bonchev–Trinajstić information content (AvgIpc) is 2.97. The predicted octanol–water partition coefficient (Wildman–Crippen LogP) is 2.88. The molecule has 2 fully saturated rings. The van der Waals surface area contributed by atoms with Gasteiger partial charge in [-0.3, -0.25) is 4.79 Å². The van der Waals surface area contributed by atoms with Crippen LogP contribution in [0.5, 0.6) is 0 Å². The van der Waals surface area contributed by atoms with E-state index in [9.17, 15) is 9.18 Å². The summed E-state index contributed by atoms with van der Waals surface area (Å²) in [6.45, 7) is 3.85. The van der Waals surface area contributed by atoms with E-state index >= 15 is 0 Å². The number of carbonyl (C=O) groups is 1. The number of hydrogen-bond acceptors (Lipinski definition) is 2. The van der Waals surface area contributed by atoms with Crippen LogP contribution >= 0.6 is 0 Å². The monoisotopic (exact) mass is 291 g/mol. The highest BCUT2D eigenvalue weighted by molar-refractivity contribution is 5.88. The largest absolute Gasteiger partial charge is 0.375 e. The van der Waals surface area contributed by atoms with Gasteiger partial charge in [0, 0.05) is 13.1 Å². The van der Waals surface area contributed by atoms with Crippen molar-refractivity contribution in [3.63, 3.8) is 0 Å². The van der Waals surface area contributed by atoms with Gasteiger partial charge < -0.3 is 9.64 Å². The molecule has 3 nitrogen and oxygen atoms in total. The zero-order chi connectivity index (χ0) is 14.9. The Morgan fingerprint density at radius 2 is 2.14 bits per heavy atom. The Morgan fingerprint density at radius 1 is 1.38 bits per heavy atom. The molecule has 4 heteroatoms. The van der Waals surface area contributed by atoms with Gasteiger partial charge in [-0.1, -0.05) is 25.0 Å². The van der Waals surface area contributed by atoms with E-state index in [-0.39, 0.29) is 17.8 Å². The highest BCUT2D eigenvalue weighted by Crippen LogP contribution is 2.43. The Morgan fingerprint density at radius 3 is 2.81 bits per heavy atom. The first-order valence-corrected chi connectivity index (χ1v) is 7.79. The lowest BCUT2D eigenvalue weighted by atomic mass is 9.77. The van der Waals surface area contributed by atoms with Crippen LogP contribution in [-0.4, -0.2) is 36.6 Å². The van der Waals surface area contributed by atoms with E-state index < -0.39 is 5.41 Å². The molecule has 3 rings (SSSR count). The summed E-state index contributed by atoms with van der Waals surface area (Å²) in [4.78, 5) is 15.0. The Kier molecular flexibility index (Phi) is 3.98. The molecule has 0 bridgehead atoms. The SMILES string of the molecule is CC1CN(C(=O)C2(c3cccc(F)c3)CCCC2)CCO1. The molecule has 1 unspecified atom stereocenters. The smallest absolute Gasteiger partial charge is 0.233 e. The van der Waals surface area contributed by atoms with Crippen molar-refractivity contribution in [2.24, 2.45) is 0 Å². The lowest BCUT2D eigenvalue weighted by molar-refractivity contribution is -0.144. The lowest BCUT2D eigenvalue weighted by Gasteiger charge is -2.38. The van der Waals surface area contributed by atoms with Gasteiger partial charge in [0.25, 0.3) is 0 Å². The summed E-state index contributed by atoms with van der Waals surface area (Å²) in [6.07, 6.45) is 3.78. The zero-order valence-corrected chi connectivity index (χ0v) is 12.5. The minimum atomic E-state index is -0.529. The molecule has 1 atom stereocenters. The predicted molar refractivity (Wildman–Crippen MR) is 78.5 cm³/mol. The molecule has 21 heavy (non-hydrogen) atoms. The third-order valence-corrected chi connectivity index (χ3v) is 4.77. The van der Waals surface area contributed by atoms with Crippen molar-refractivity contribution in [1.82, 2.24) is 4.90 Å². The number of morpholine rings is 1. The molecule has 1 aliphatic carbocycles. The molecule has 0 N–H and O–H groups in total. The molecule has 1 heterocycles. The van der Waals surface area contributed by atoms with Crippen molar-refractivity contribution in [1.29, 1.82) is 0 Å². The normalized spacial score (nSPS) is 25.0. The number of nitrogens with zero attached hydrogens (tertiary/aromatic N) is 1. The van der Waals surface area contributed by atoms with Gasteiger partial charge in [0.1, 0.15) is 5.82 Å². The van der Waals surface area contributed by atoms with Gasteiger partial charge in [0.2, 0.25) is 5.91 Å². The van der Waals surface area contributed by atoms with Crippen LogP contribution in [0.4, 0.5) is 4.39 Å². The molecule has 0 aromatic heterocycles. The molecule has 1 aliphatic heterocycles. The minimum absolute atomic E-state index is 0.0775. The van der Waals surface area contributed by atoms with Crippen molar-refractivity contribution >= 4 is 5.91 Å². The minimum Gasteiger partial charge on any atom is -0.375 e. The summed E-state index contributed by atoms with van der Waals surface area (Å²) in [5.74, 6) is -0.109. The fourth-order valence-corrected chi connectivity index (χ4v) is 3.70. The van der Waals surface area contributed by atoms with Gasteiger partial charge in [-0.25, -0.2) is 4.39 Å². The average molecular weight is 291 g/mol. The highest BCUT2D eigenvalue weighted by Gasteiger charge is 2.45. The summed E-state index contributed by atoms with van der Waals surface area (Å²) < 4.78 is 19.1. The summed E-state index contributed by atoms with van der Waals surface area (Å²) in [5, 5.41) is 0. The maximum atomic E-state index is 13.6. The molecule has 2 aliphatic rings. The number of halogens is 1. The second-order valence-corrected chi connectivity index (χ2v) is 6.23. The van der Waals surface area contributed by atoms with E-state index in [2.05, 4.69) is 0 Å². The van der Waals surface area contributed by atoms with Crippen LogP contribution in [-0.2, 0) is 14.9 Å². The van der Waals surface area contributed by atoms with Crippen molar-refractivity contribution < 1.29 is 13.9 Å². The van der Waals surface area contributed by atoms with E-state index in [1.807, 2.05) is 17.9 Å². The summed E-state index contributed by atoms with van der Waals surface area (Å²) in [5.41, 5.74) is 0.309. The van der Waals surface area contributed by atoms with Crippen LogP contribution in [0.2, 0.25) is 0 Å². The first-order chi connectivity index (χ1) is 10.1. The standard InChI is InChI=1S/C17H22FNO2/c1-13-12-19(9-10-21-13)16(20)17(7-2-3-8-17)14-5-4-6-15(18)11-14/h4-6,11,13H,2-3,7-10,12H2,1H3. The van der Waals surface area contributed by atoms with E-state index in [4.69, 9.17) is 4.74 Å². The van der Waals surface area contributed by atoms with Gasteiger partial charge in [-0.2, -0.15) is 0 Å². The quantitative estimate of drug-likeness (QED) is 0.838. The number of benzene rings is 1. The topological polar surface area (TPSA) is 29.5 Å². The molecular weight excluding hydrogens is 269 g/mol. The fraction of sp³-hybridized carbons (Fsp3) is 0.588. The molecule has 1 aromatic carbocycles. The summed E-state index contributed by atoms with van der Waals surface area (Å²) in [6, 6.07) is 6.58. The number of rotatable bonds is 2. The van der Waals surface area contributed by atoms with Crippen molar-refractivity contribution in [2.75, 3.05) is 19.7 Å². The molecule has 1 saturated heterocycles. The van der Waals surface area contributed by atoms with E-state index in [0.717, 1.165) is 31.2 Å². The molecular formula is C17H22FNO2. The van der Waals surface area contributed by atoms with Gasteiger partial charge in [0.15, 0.2) is 0 Å². The van der Waals surface area contributed by atoms with E-state index in [1.165, 1.54) is 12.1 Å². The maximum absolute atomic E-state index is 13.6. The van der Waals surface area contributed by atoms with E-state index in [0.29, 0.717) is 19.7 Å². The Hall–Kier alpha value is -1.42. The van der Waals surface area contributed by atoms with Crippen LogP contribution in [0, 0.1) is 5.82 Å². The Balaban J connectivity index is 1.92. The Bertz CT molecular complexity index is 525. The first kappa shape index (κ1) is 14.5. The molecule has 1 aromatic rings. The molecule has 1 saturated carbocycles. The zero-order valence-electron chi connectivity index (χ0n) is 12.5. The number of carbonyl (C=O) groups excluding carboxylic acids is 1. The fourth-order valence-electron chi connectivity index (χ4n) is 3.70. The van der Waals surface area contributed by atoms with Crippen LogP contribution < -0.4 is 0 Å². The third kappa shape index (κ3) is 2.69. The second kappa shape index (κ2) is 5.76. The van der Waals surface area contributed by atoms with Crippen molar-refractivity contribution in [2.45, 2.75) is 44.1 Å². The third-order valence-electron chi connectivity index (χ3n) is 4.77. The molecule has 0 spiro atoms. The number of hydrogen-bond donors (Lipinski definition) is 0. The molecule has 0 radical (unpaired) electrons. The van der Waals surface area contributed by atoms with Crippen molar-refractivity contribution in [3.05, 3.63) is 35.6 Å². The van der Waals surface area contributed by atoms with Gasteiger partial charge >= 0.3 is 0 Å². The van der Waals surface area contributed by atoms with Crippen LogP contribution in [0.1, 0.15) is 38.2 Å². The molecule has 114 valence electrons. The second-order valence-electron chi connectivity index (χ2n) is 6.23. The first-order valence-electron chi connectivity index (χ1n) is 7.79. The highest BCUT2D eigenvalue weighted by atomic mass is 19.1. The summed E-state index contributed by atoms with van der Waals surface area (Å²) >= 11 is 0. The Labute approximate surface area is 125 Å². The maximum Gasteiger partial charge on any atom is 0.233 e. The van der Waals surface area contributed by atoms with Crippen molar-refractivity contribution in [3.8, 4) is 0 Å². The van der Waals surface area contributed by atoms with Gasteiger partial charge in [-0.15, -0.1) is 0 Å². The van der Waals surface area contributed by atoms with E-state index in [1.54, 1.807) is 6.07 Å².